The van der Waals surface area contributed by atoms with Crippen LogP contribution in [0.25, 0.3) is 0 Å². The van der Waals surface area contributed by atoms with Crippen LogP contribution in [0.4, 0.5) is 0 Å². The summed E-state index contributed by atoms with van der Waals surface area (Å²) in [4.78, 5) is 0. The summed E-state index contributed by atoms with van der Waals surface area (Å²) in [5.74, 6) is 0.986. The minimum atomic E-state index is 0.332. The number of hydrogen-bond donors (Lipinski definition) is 1. The van der Waals surface area contributed by atoms with Gasteiger partial charge in [0.05, 0.1) is 19.4 Å². The second kappa shape index (κ2) is 6.95. The molecule has 0 spiro atoms. The average molecular weight is 253 g/mol. The first-order valence-corrected chi connectivity index (χ1v) is 6.75. The van der Waals surface area contributed by atoms with E-state index in [0.29, 0.717) is 18.1 Å². The van der Waals surface area contributed by atoms with Gasteiger partial charge < -0.3 is 14.5 Å². The third-order valence-corrected chi connectivity index (χ3v) is 2.76. The molecule has 0 atom stereocenters. The predicted octanol–water partition coefficient (Wildman–Crippen LogP) is 3.73. The Hall–Kier alpha value is -0.800. The van der Waals surface area contributed by atoms with Crippen molar-refractivity contribution >= 4 is 0 Å². The molecule has 3 nitrogen and oxygen atoms in total. The summed E-state index contributed by atoms with van der Waals surface area (Å²) in [6, 6.07) is 2.46. The van der Waals surface area contributed by atoms with Crippen molar-refractivity contribution in [2.24, 2.45) is 5.41 Å². The second-order valence-electron chi connectivity index (χ2n) is 6.27. The van der Waals surface area contributed by atoms with E-state index < -0.39 is 0 Å². The maximum atomic E-state index is 5.71. The van der Waals surface area contributed by atoms with Gasteiger partial charge in [0.25, 0.3) is 0 Å². The van der Waals surface area contributed by atoms with Crippen molar-refractivity contribution in [3.05, 3.63) is 23.7 Å². The Morgan fingerprint density at radius 1 is 1.33 bits per heavy atom. The molecule has 0 fully saturated rings. The van der Waals surface area contributed by atoms with Crippen LogP contribution in [0, 0.1) is 5.41 Å². The molecule has 3 heteroatoms. The fourth-order valence-corrected chi connectivity index (χ4v) is 1.51. The number of nitrogens with one attached hydrogen (secondary N) is 1. The van der Waals surface area contributed by atoms with E-state index in [1.807, 2.05) is 6.07 Å². The molecule has 1 N–H and O–H groups in total. The highest BCUT2D eigenvalue weighted by atomic mass is 16.5. The zero-order chi connectivity index (χ0) is 13.6. The van der Waals surface area contributed by atoms with Gasteiger partial charge in [-0.3, -0.25) is 0 Å². The fourth-order valence-electron chi connectivity index (χ4n) is 1.51. The van der Waals surface area contributed by atoms with Crippen LogP contribution in [0.1, 0.15) is 52.4 Å². The zero-order valence-corrected chi connectivity index (χ0v) is 12.4. The van der Waals surface area contributed by atoms with E-state index in [2.05, 4.69) is 39.9 Å². The molecule has 0 unspecified atom stereocenters. The molecule has 0 aliphatic carbocycles. The second-order valence-corrected chi connectivity index (χ2v) is 6.27. The summed E-state index contributed by atoms with van der Waals surface area (Å²) in [7, 11) is 0. The van der Waals surface area contributed by atoms with Gasteiger partial charge in [0, 0.05) is 18.2 Å². The Labute approximate surface area is 111 Å². The van der Waals surface area contributed by atoms with Gasteiger partial charge in [-0.1, -0.05) is 34.6 Å². The third kappa shape index (κ3) is 6.22. The third-order valence-electron chi connectivity index (χ3n) is 2.76. The minimum Gasteiger partial charge on any atom is -0.468 e. The van der Waals surface area contributed by atoms with E-state index in [1.54, 1.807) is 6.26 Å². The lowest BCUT2D eigenvalue weighted by atomic mass is 9.93. The highest BCUT2D eigenvalue weighted by molar-refractivity contribution is 5.15. The lowest BCUT2D eigenvalue weighted by Gasteiger charge is -2.17. The minimum absolute atomic E-state index is 0.332. The molecule has 1 aromatic heterocycles. The van der Waals surface area contributed by atoms with Crippen molar-refractivity contribution in [2.75, 3.05) is 6.61 Å². The van der Waals surface area contributed by atoms with E-state index in [0.717, 1.165) is 30.9 Å². The molecule has 0 aliphatic rings. The first-order valence-electron chi connectivity index (χ1n) is 6.75. The molecule has 0 aromatic carbocycles. The molecule has 0 bridgehead atoms. The monoisotopic (exact) mass is 253 g/mol. The van der Waals surface area contributed by atoms with E-state index in [4.69, 9.17) is 9.15 Å². The molecular weight excluding hydrogens is 226 g/mol. The Balaban J connectivity index is 2.32. The first kappa shape index (κ1) is 15.3. The van der Waals surface area contributed by atoms with Crippen molar-refractivity contribution in [1.29, 1.82) is 0 Å². The first-order chi connectivity index (χ1) is 8.38. The van der Waals surface area contributed by atoms with Crippen molar-refractivity contribution in [3.8, 4) is 0 Å². The maximum Gasteiger partial charge on any atom is 0.123 e. The van der Waals surface area contributed by atoms with Gasteiger partial charge >= 0.3 is 0 Å². The van der Waals surface area contributed by atoms with Crippen molar-refractivity contribution in [1.82, 2.24) is 5.32 Å². The van der Waals surface area contributed by atoms with Crippen LogP contribution in [0.3, 0.4) is 0 Å². The van der Waals surface area contributed by atoms with Gasteiger partial charge in [-0.15, -0.1) is 0 Å². The molecule has 0 saturated heterocycles. The Kier molecular flexibility index (Phi) is 5.89. The number of hydrogen-bond acceptors (Lipinski definition) is 3. The maximum absolute atomic E-state index is 5.71. The van der Waals surface area contributed by atoms with E-state index in [1.165, 1.54) is 0 Å². The molecule has 0 saturated carbocycles. The Morgan fingerprint density at radius 3 is 2.67 bits per heavy atom. The van der Waals surface area contributed by atoms with Crippen molar-refractivity contribution in [3.63, 3.8) is 0 Å². The van der Waals surface area contributed by atoms with Crippen LogP contribution < -0.4 is 5.32 Å². The normalized spacial score (nSPS) is 12.3. The van der Waals surface area contributed by atoms with Crippen LogP contribution in [-0.4, -0.2) is 12.6 Å². The molecule has 1 aromatic rings. The highest BCUT2D eigenvalue weighted by Crippen LogP contribution is 2.19. The fraction of sp³-hybridized carbons (Fsp3) is 0.733. The predicted molar refractivity (Wildman–Crippen MR) is 74.4 cm³/mol. The van der Waals surface area contributed by atoms with Crippen LogP contribution in [0.15, 0.2) is 16.7 Å². The number of furan rings is 1. The Morgan fingerprint density at radius 2 is 2.06 bits per heavy atom. The summed E-state index contributed by atoms with van der Waals surface area (Å²) >= 11 is 0. The summed E-state index contributed by atoms with van der Waals surface area (Å²) in [6.07, 6.45) is 2.81. The zero-order valence-electron chi connectivity index (χ0n) is 12.4. The van der Waals surface area contributed by atoms with Crippen LogP contribution in [0.2, 0.25) is 0 Å². The lowest BCUT2D eigenvalue weighted by molar-refractivity contribution is 0.0951. The van der Waals surface area contributed by atoms with E-state index >= 15 is 0 Å². The SMILES string of the molecule is CC(C)NCc1occc1COCCC(C)(C)C. The van der Waals surface area contributed by atoms with E-state index in [-0.39, 0.29) is 0 Å². The summed E-state index contributed by atoms with van der Waals surface area (Å²) in [6.45, 7) is 13.1. The lowest BCUT2D eigenvalue weighted by Crippen LogP contribution is -2.22. The molecular formula is C15H27NO2. The summed E-state index contributed by atoms with van der Waals surface area (Å²) in [5.41, 5.74) is 1.48. The number of ether oxygens (including phenoxy) is 1. The molecule has 0 amide bonds. The quantitative estimate of drug-likeness (QED) is 0.752. The van der Waals surface area contributed by atoms with Crippen molar-refractivity contribution < 1.29 is 9.15 Å². The topological polar surface area (TPSA) is 34.4 Å². The molecule has 0 aliphatic heterocycles. The Bertz CT molecular complexity index is 337. The summed E-state index contributed by atoms with van der Waals surface area (Å²) < 4.78 is 11.2. The van der Waals surface area contributed by atoms with Crippen LogP contribution >= 0.6 is 0 Å². The van der Waals surface area contributed by atoms with Gasteiger partial charge in [-0.2, -0.15) is 0 Å². The molecule has 18 heavy (non-hydrogen) atoms. The number of rotatable bonds is 7. The van der Waals surface area contributed by atoms with Gasteiger partial charge in [0.2, 0.25) is 0 Å². The molecule has 1 heterocycles. The highest BCUT2D eigenvalue weighted by Gasteiger charge is 2.11. The van der Waals surface area contributed by atoms with Gasteiger partial charge in [0.1, 0.15) is 5.76 Å². The largest absolute Gasteiger partial charge is 0.468 e. The van der Waals surface area contributed by atoms with Gasteiger partial charge in [-0.05, 0) is 17.9 Å². The standard InChI is InChI=1S/C15H27NO2/c1-12(2)16-10-14-13(6-8-18-14)11-17-9-7-15(3,4)5/h6,8,12,16H,7,9-11H2,1-5H3. The van der Waals surface area contributed by atoms with Crippen LogP contribution in [-0.2, 0) is 17.9 Å². The smallest absolute Gasteiger partial charge is 0.123 e. The summed E-state index contributed by atoms with van der Waals surface area (Å²) in [5, 5.41) is 3.35. The molecule has 0 radical (unpaired) electrons. The molecule has 1 rings (SSSR count). The average Bonchev–Trinajstić information content (AvgIpc) is 2.67. The van der Waals surface area contributed by atoms with Gasteiger partial charge in [-0.25, -0.2) is 0 Å². The van der Waals surface area contributed by atoms with Crippen molar-refractivity contribution in [2.45, 2.75) is 60.2 Å². The van der Waals surface area contributed by atoms with E-state index in [9.17, 15) is 0 Å². The molecule has 104 valence electrons. The van der Waals surface area contributed by atoms with Gasteiger partial charge in [0.15, 0.2) is 0 Å². The van der Waals surface area contributed by atoms with Crippen LogP contribution in [0.5, 0.6) is 0 Å².